The summed E-state index contributed by atoms with van der Waals surface area (Å²) in [6, 6.07) is 0. The molecule has 0 aliphatic carbocycles. The molecule has 0 saturated heterocycles. The van der Waals surface area contributed by atoms with Gasteiger partial charge in [0, 0.05) is 6.42 Å². The minimum absolute atomic E-state index is 0.0357. The molecule has 0 aromatic rings. The van der Waals surface area contributed by atoms with Crippen molar-refractivity contribution in [3.05, 3.63) is 0 Å². The third kappa shape index (κ3) is 53.5. The van der Waals surface area contributed by atoms with E-state index in [-0.39, 0.29) is 5.97 Å². The van der Waals surface area contributed by atoms with Crippen LogP contribution < -0.4 is 0 Å². The Morgan fingerprint density at radius 2 is 0.379 bits per heavy atom. The van der Waals surface area contributed by atoms with Crippen LogP contribution in [0.3, 0.4) is 0 Å². The lowest BCUT2D eigenvalue weighted by Crippen LogP contribution is -2.05. The van der Waals surface area contributed by atoms with Crippen molar-refractivity contribution in [3.63, 3.8) is 0 Å². The van der Waals surface area contributed by atoms with Gasteiger partial charge in [-0.05, 0) is 12.8 Å². The average molecular weight is 818 g/mol. The first-order valence-corrected chi connectivity index (χ1v) is 28.0. The lowest BCUT2D eigenvalue weighted by molar-refractivity contribution is -0.143. The second kappa shape index (κ2) is 54.5. The molecule has 0 fully saturated rings. The predicted octanol–water partition coefficient (Wildman–Crippen LogP) is 20.9. The van der Waals surface area contributed by atoms with Gasteiger partial charge in [0.2, 0.25) is 0 Å². The summed E-state index contributed by atoms with van der Waals surface area (Å²) in [4.78, 5) is 12.1. The van der Waals surface area contributed by atoms with Crippen molar-refractivity contribution in [1.29, 1.82) is 0 Å². The minimum Gasteiger partial charge on any atom is -0.466 e. The zero-order valence-electron chi connectivity index (χ0n) is 40.8. The van der Waals surface area contributed by atoms with E-state index in [0.717, 1.165) is 12.8 Å². The molecule has 58 heavy (non-hydrogen) atoms. The highest BCUT2D eigenvalue weighted by atomic mass is 16.5. The molecule has 0 bridgehead atoms. The van der Waals surface area contributed by atoms with Gasteiger partial charge in [-0.2, -0.15) is 0 Å². The topological polar surface area (TPSA) is 26.3 Å². The maximum absolute atomic E-state index is 12.1. The first-order valence-electron chi connectivity index (χ1n) is 28.0. The van der Waals surface area contributed by atoms with E-state index in [2.05, 4.69) is 13.8 Å². The van der Waals surface area contributed by atoms with Crippen LogP contribution in [0.2, 0.25) is 0 Å². The van der Waals surface area contributed by atoms with Crippen molar-refractivity contribution in [2.45, 2.75) is 348 Å². The zero-order valence-corrected chi connectivity index (χ0v) is 40.8. The predicted molar refractivity (Wildman–Crippen MR) is 262 cm³/mol. The fraction of sp³-hybridized carbons (Fsp3) is 0.982. The maximum atomic E-state index is 12.1. The normalized spacial score (nSPS) is 11.6. The van der Waals surface area contributed by atoms with Crippen LogP contribution in [0.4, 0.5) is 0 Å². The molecular weight excluding hydrogens is 705 g/mol. The van der Waals surface area contributed by atoms with E-state index in [0.29, 0.717) is 13.0 Å². The van der Waals surface area contributed by atoms with Gasteiger partial charge in [0.05, 0.1) is 6.61 Å². The molecule has 0 spiro atoms. The van der Waals surface area contributed by atoms with E-state index >= 15 is 0 Å². The third-order valence-electron chi connectivity index (χ3n) is 13.2. The highest BCUT2D eigenvalue weighted by Gasteiger charge is 2.03. The molecule has 0 atom stereocenters. The largest absolute Gasteiger partial charge is 0.466 e. The number of unbranched alkanes of at least 4 members (excludes halogenated alkanes) is 49. The summed E-state index contributed by atoms with van der Waals surface area (Å²) in [5.74, 6) is 0.0357. The molecule has 0 N–H and O–H groups in total. The van der Waals surface area contributed by atoms with Crippen molar-refractivity contribution in [3.8, 4) is 0 Å². The first-order chi connectivity index (χ1) is 28.8. The summed E-state index contributed by atoms with van der Waals surface area (Å²) < 4.78 is 5.51. The van der Waals surface area contributed by atoms with Gasteiger partial charge in [-0.25, -0.2) is 0 Å². The highest BCUT2D eigenvalue weighted by molar-refractivity contribution is 5.69. The molecule has 0 aliphatic heterocycles. The molecule has 0 amide bonds. The van der Waals surface area contributed by atoms with Gasteiger partial charge in [0.15, 0.2) is 0 Å². The Hall–Kier alpha value is -0.530. The zero-order chi connectivity index (χ0) is 41.8. The minimum atomic E-state index is 0.0357. The Morgan fingerprint density at radius 3 is 0.569 bits per heavy atom. The Balaban J connectivity index is 3.14. The lowest BCUT2D eigenvalue weighted by atomic mass is 10.0. The quantitative estimate of drug-likeness (QED) is 0.0451. The molecule has 0 saturated carbocycles. The fourth-order valence-corrected chi connectivity index (χ4v) is 9.08. The summed E-state index contributed by atoms with van der Waals surface area (Å²) in [5.41, 5.74) is 0. The molecule has 0 rings (SSSR count). The summed E-state index contributed by atoms with van der Waals surface area (Å²) in [6.07, 6.45) is 72.8. The van der Waals surface area contributed by atoms with Gasteiger partial charge >= 0.3 is 5.97 Å². The van der Waals surface area contributed by atoms with E-state index < -0.39 is 0 Å². The van der Waals surface area contributed by atoms with Crippen molar-refractivity contribution in [2.75, 3.05) is 6.61 Å². The standard InChI is InChI=1S/C56H112O2/c1-3-5-7-9-11-13-15-17-19-21-23-25-27-28-29-30-31-32-33-34-36-38-40-42-44-46-48-50-52-54-56(57)58-55-53-51-49-47-45-43-41-39-37-35-26-24-22-20-18-16-14-12-10-8-6-4-2/h3-55H2,1-2H3. The molecule has 0 aliphatic rings. The second-order valence-corrected chi connectivity index (χ2v) is 19.3. The third-order valence-corrected chi connectivity index (χ3v) is 13.2. The SMILES string of the molecule is CCCCCCCCCCCCCCCCCCCCCCCCCCCCCCCC(=O)OCCCCCCCCCCCCCCCCCCCCCCCC. The molecule has 348 valence electrons. The van der Waals surface area contributed by atoms with Crippen LogP contribution in [0.25, 0.3) is 0 Å². The average Bonchev–Trinajstić information content (AvgIpc) is 3.23. The molecule has 0 radical (unpaired) electrons. The summed E-state index contributed by atoms with van der Waals surface area (Å²) in [6.45, 7) is 5.25. The van der Waals surface area contributed by atoms with Crippen molar-refractivity contribution < 1.29 is 9.53 Å². The Kier molecular flexibility index (Phi) is 54.0. The van der Waals surface area contributed by atoms with Crippen LogP contribution in [0.1, 0.15) is 348 Å². The molecule has 0 aromatic carbocycles. The van der Waals surface area contributed by atoms with Crippen LogP contribution in [0.15, 0.2) is 0 Å². The number of carbonyl (C=O) groups is 1. The molecular formula is C56H112O2. The van der Waals surface area contributed by atoms with Gasteiger partial charge in [-0.15, -0.1) is 0 Å². The molecule has 0 heterocycles. The van der Waals surface area contributed by atoms with Crippen LogP contribution in [-0.4, -0.2) is 12.6 Å². The summed E-state index contributed by atoms with van der Waals surface area (Å²) in [5, 5.41) is 0. The number of hydrogen-bond donors (Lipinski definition) is 0. The maximum Gasteiger partial charge on any atom is 0.305 e. The smallest absolute Gasteiger partial charge is 0.305 e. The number of rotatable bonds is 53. The molecule has 2 heteroatoms. The van der Waals surface area contributed by atoms with Gasteiger partial charge in [0.25, 0.3) is 0 Å². The van der Waals surface area contributed by atoms with Crippen LogP contribution >= 0.6 is 0 Å². The fourth-order valence-electron chi connectivity index (χ4n) is 9.08. The number of esters is 1. The van der Waals surface area contributed by atoms with Crippen LogP contribution in [-0.2, 0) is 9.53 Å². The van der Waals surface area contributed by atoms with Gasteiger partial charge < -0.3 is 4.74 Å². The number of ether oxygens (including phenoxy) is 1. The number of hydrogen-bond acceptors (Lipinski definition) is 2. The van der Waals surface area contributed by atoms with Crippen LogP contribution in [0.5, 0.6) is 0 Å². The van der Waals surface area contributed by atoms with E-state index in [4.69, 9.17) is 4.74 Å². The Bertz CT molecular complexity index is 717. The van der Waals surface area contributed by atoms with Crippen molar-refractivity contribution in [2.24, 2.45) is 0 Å². The monoisotopic (exact) mass is 817 g/mol. The van der Waals surface area contributed by atoms with E-state index in [1.165, 1.54) is 315 Å². The van der Waals surface area contributed by atoms with Crippen LogP contribution in [0, 0.1) is 0 Å². The highest BCUT2D eigenvalue weighted by Crippen LogP contribution is 2.18. The Labute approximate surface area is 368 Å². The van der Waals surface area contributed by atoms with Crippen molar-refractivity contribution >= 4 is 5.97 Å². The molecule has 0 aromatic heterocycles. The van der Waals surface area contributed by atoms with Crippen molar-refractivity contribution in [1.82, 2.24) is 0 Å². The lowest BCUT2D eigenvalue weighted by Gasteiger charge is -2.06. The van der Waals surface area contributed by atoms with E-state index in [9.17, 15) is 4.79 Å². The Morgan fingerprint density at radius 1 is 0.224 bits per heavy atom. The molecule has 2 nitrogen and oxygen atoms in total. The van der Waals surface area contributed by atoms with E-state index in [1.807, 2.05) is 0 Å². The van der Waals surface area contributed by atoms with Gasteiger partial charge in [-0.3, -0.25) is 4.79 Å². The number of carbonyl (C=O) groups excluding carboxylic acids is 1. The molecule has 0 unspecified atom stereocenters. The van der Waals surface area contributed by atoms with Gasteiger partial charge in [-0.1, -0.05) is 328 Å². The van der Waals surface area contributed by atoms with E-state index in [1.54, 1.807) is 0 Å². The van der Waals surface area contributed by atoms with Gasteiger partial charge in [0.1, 0.15) is 0 Å². The first kappa shape index (κ1) is 57.5. The second-order valence-electron chi connectivity index (χ2n) is 19.3. The summed E-state index contributed by atoms with van der Waals surface area (Å²) in [7, 11) is 0. The summed E-state index contributed by atoms with van der Waals surface area (Å²) >= 11 is 0.